The molecular weight excluding hydrogens is 354 g/mol. The van der Waals surface area contributed by atoms with E-state index in [-0.39, 0.29) is 11.8 Å². The molecule has 0 aliphatic carbocycles. The summed E-state index contributed by atoms with van der Waals surface area (Å²) in [7, 11) is 0. The maximum absolute atomic E-state index is 12.1. The predicted molar refractivity (Wildman–Crippen MR) is 87.8 cm³/mol. The Morgan fingerprint density at radius 3 is 2.67 bits per heavy atom. The number of nitrogens with two attached hydrogens (primary N) is 1. The van der Waals surface area contributed by atoms with E-state index in [0.29, 0.717) is 29.9 Å². The Morgan fingerprint density at radius 1 is 1.24 bits per heavy atom. The Labute approximate surface area is 134 Å². The number of carbonyl (C=O) groups excluding carboxylic acids is 2. The normalized spacial score (nSPS) is 10.2. The minimum atomic E-state index is -0.261. The van der Waals surface area contributed by atoms with E-state index in [1.807, 2.05) is 0 Å². The van der Waals surface area contributed by atoms with Gasteiger partial charge in [0.15, 0.2) is 0 Å². The van der Waals surface area contributed by atoms with Crippen molar-refractivity contribution in [1.29, 1.82) is 0 Å². The second-order valence-electron chi connectivity index (χ2n) is 4.18. The van der Waals surface area contributed by atoms with Gasteiger partial charge in [0.25, 0.3) is 11.8 Å². The molecule has 2 amide bonds. The number of halogens is 1. The Morgan fingerprint density at radius 2 is 2.00 bits per heavy atom. The molecule has 0 spiro atoms. The lowest BCUT2D eigenvalue weighted by molar-refractivity contribution is 0.0955. The molecule has 4 N–H and O–H groups in total. The highest BCUT2D eigenvalue weighted by Gasteiger charge is 2.14. The molecule has 0 bridgehead atoms. The van der Waals surface area contributed by atoms with Gasteiger partial charge < -0.3 is 16.4 Å². The number of carbonyl (C=O) groups is 2. The van der Waals surface area contributed by atoms with Gasteiger partial charge in [-0.05, 0) is 34.1 Å². The van der Waals surface area contributed by atoms with E-state index in [2.05, 4.69) is 26.6 Å². The first-order valence-electron chi connectivity index (χ1n) is 6.24. The van der Waals surface area contributed by atoms with Crippen molar-refractivity contribution in [3.8, 4) is 0 Å². The van der Waals surface area contributed by atoms with Crippen LogP contribution in [0, 0.1) is 0 Å². The minimum absolute atomic E-state index is 0.254. The van der Waals surface area contributed by atoms with Gasteiger partial charge in [0.1, 0.15) is 0 Å². The first-order valence-corrected chi connectivity index (χ1v) is 7.91. The molecule has 0 aliphatic heterocycles. The number of benzene rings is 1. The van der Waals surface area contributed by atoms with Gasteiger partial charge in [-0.15, -0.1) is 11.3 Å². The quantitative estimate of drug-likeness (QED) is 0.758. The molecule has 110 valence electrons. The molecule has 2 rings (SSSR count). The van der Waals surface area contributed by atoms with E-state index < -0.39 is 0 Å². The van der Waals surface area contributed by atoms with Crippen LogP contribution < -0.4 is 16.4 Å². The smallest absolute Gasteiger partial charge is 0.256 e. The van der Waals surface area contributed by atoms with Crippen LogP contribution in [0.2, 0.25) is 0 Å². The highest BCUT2D eigenvalue weighted by molar-refractivity contribution is 9.11. The van der Waals surface area contributed by atoms with Gasteiger partial charge in [0, 0.05) is 18.5 Å². The third-order valence-corrected chi connectivity index (χ3v) is 4.18. The maximum atomic E-state index is 12.1. The summed E-state index contributed by atoms with van der Waals surface area (Å²) in [6.45, 7) is 0.752. The lowest BCUT2D eigenvalue weighted by atomic mass is 10.1. The highest BCUT2D eigenvalue weighted by atomic mass is 79.9. The van der Waals surface area contributed by atoms with Crippen LogP contribution in [-0.4, -0.2) is 24.9 Å². The number of para-hydroxylation sites is 1. The zero-order valence-electron chi connectivity index (χ0n) is 11.1. The lowest BCUT2D eigenvalue weighted by Gasteiger charge is -2.10. The summed E-state index contributed by atoms with van der Waals surface area (Å²) in [6.07, 6.45) is 0. The molecule has 2 aromatic rings. The van der Waals surface area contributed by atoms with Crippen LogP contribution in [0.15, 0.2) is 39.5 Å². The second kappa shape index (κ2) is 7.35. The van der Waals surface area contributed by atoms with Crippen LogP contribution in [0.1, 0.15) is 20.7 Å². The van der Waals surface area contributed by atoms with Gasteiger partial charge in [0.05, 0.1) is 20.6 Å². The fourth-order valence-electron chi connectivity index (χ4n) is 1.69. The molecule has 0 saturated carbocycles. The summed E-state index contributed by atoms with van der Waals surface area (Å²) in [6, 6.07) is 8.59. The van der Waals surface area contributed by atoms with Crippen molar-refractivity contribution < 1.29 is 9.59 Å². The number of thiophene rings is 1. The molecule has 1 aromatic heterocycles. The largest absolute Gasteiger partial charge is 0.351 e. The molecule has 0 unspecified atom stereocenters. The Balaban J connectivity index is 2.16. The molecule has 0 aliphatic rings. The molecule has 0 radical (unpaired) electrons. The molecular formula is C14H14BrN3O2S. The van der Waals surface area contributed by atoms with E-state index in [0.717, 1.165) is 3.79 Å². The van der Waals surface area contributed by atoms with Crippen LogP contribution in [0.25, 0.3) is 0 Å². The monoisotopic (exact) mass is 367 g/mol. The van der Waals surface area contributed by atoms with Crippen molar-refractivity contribution in [2.75, 3.05) is 18.4 Å². The predicted octanol–water partition coefficient (Wildman–Crippen LogP) is 2.45. The van der Waals surface area contributed by atoms with Gasteiger partial charge in [0.2, 0.25) is 0 Å². The van der Waals surface area contributed by atoms with Crippen molar-refractivity contribution in [3.05, 3.63) is 50.6 Å². The van der Waals surface area contributed by atoms with Crippen molar-refractivity contribution in [3.63, 3.8) is 0 Å². The molecule has 1 aromatic carbocycles. The molecule has 0 fully saturated rings. The van der Waals surface area contributed by atoms with E-state index >= 15 is 0 Å². The summed E-state index contributed by atoms with van der Waals surface area (Å²) in [5, 5.41) is 7.18. The van der Waals surface area contributed by atoms with E-state index in [4.69, 9.17) is 5.73 Å². The standard InChI is InChI=1S/C14H14BrN3O2S/c15-12-7-9(8-21-12)13(19)18-11-4-2-1-3-10(11)14(20)17-6-5-16/h1-4,7-8H,5-6,16H2,(H,17,20)(H,18,19). The Kier molecular flexibility index (Phi) is 5.49. The zero-order chi connectivity index (χ0) is 15.2. The van der Waals surface area contributed by atoms with Crippen molar-refractivity contribution in [2.45, 2.75) is 0 Å². The van der Waals surface area contributed by atoms with E-state index in [9.17, 15) is 9.59 Å². The molecule has 5 nitrogen and oxygen atoms in total. The van der Waals surface area contributed by atoms with Gasteiger partial charge in [-0.1, -0.05) is 12.1 Å². The summed E-state index contributed by atoms with van der Waals surface area (Å²) in [5.74, 6) is -0.515. The zero-order valence-corrected chi connectivity index (χ0v) is 13.5. The molecule has 7 heteroatoms. The fraction of sp³-hybridized carbons (Fsp3) is 0.143. The van der Waals surface area contributed by atoms with Crippen LogP contribution in [0.3, 0.4) is 0 Å². The first kappa shape index (κ1) is 15.7. The average molecular weight is 368 g/mol. The Hall–Kier alpha value is -1.70. The second-order valence-corrected chi connectivity index (χ2v) is 6.47. The average Bonchev–Trinajstić information content (AvgIpc) is 2.92. The van der Waals surface area contributed by atoms with Crippen LogP contribution in [0.4, 0.5) is 5.69 Å². The number of anilines is 1. The number of hydrogen-bond acceptors (Lipinski definition) is 4. The lowest BCUT2D eigenvalue weighted by Crippen LogP contribution is -2.29. The molecule has 21 heavy (non-hydrogen) atoms. The summed E-state index contributed by atoms with van der Waals surface area (Å²) in [4.78, 5) is 24.2. The number of nitrogens with one attached hydrogen (secondary N) is 2. The highest BCUT2D eigenvalue weighted by Crippen LogP contribution is 2.22. The van der Waals surface area contributed by atoms with E-state index in [1.165, 1.54) is 11.3 Å². The summed E-state index contributed by atoms with van der Waals surface area (Å²) < 4.78 is 0.877. The number of hydrogen-bond donors (Lipinski definition) is 3. The van der Waals surface area contributed by atoms with Gasteiger partial charge in [-0.2, -0.15) is 0 Å². The molecule has 1 heterocycles. The van der Waals surface area contributed by atoms with Crippen molar-refractivity contribution in [1.82, 2.24) is 5.32 Å². The maximum Gasteiger partial charge on any atom is 0.256 e. The first-order chi connectivity index (χ1) is 10.1. The number of rotatable bonds is 5. The van der Waals surface area contributed by atoms with Gasteiger partial charge >= 0.3 is 0 Å². The van der Waals surface area contributed by atoms with Gasteiger partial charge in [-0.3, -0.25) is 9.59 Å². The van der Waals surface area contributed by atoms with Gasteiger partial charge in [-0.25, -0.2) is 0 Å². The third-order valence-electron chi connectivity index (χ3n) is 2.68. The van der Waals surface area contributed by atoms with Crippen LogP contribution in [0.5, 0.6) is 0 Å². The van der Waals surface area contributed by atoms with Crippen molar-refractivity contribution >= 4 is 44.8 Å². The van der Waals surface area contributed by atoms with Crippen LogP contribution >= 0.6 is 27.3 Å². The summed E-state index contributed by atoms with van der Waals surface area (Å²) >= 11 is 4.74. The fourth-order valence-corrected chi connectivity index (χ4v) is 2.83. The Bertz CT molecular complexity index is 657. The topological polar surface area (TPSA) is 84.2 Å². The van der Waals surface area contributed by atoms with Crippen molar-refractivity contribution in [2.24, 2.45) is 5.73 Å². The minimum Gasteiger partial charge on any atom is -0.351 e. The number of amides is 2. The SMILES string of the molecule is NCCNC(=O)c1ccccc1NC(=O)c1csc(Br)c1. The molecule has 0 atom stereocenters. The third kappa shape index (κ3) is 4.13. The summed E-state index contributed by atoms with van der Waals surface area (Å²) in [5.41, 5.74) is 6.79. The van der Waals surface area contributed by atoms with Crippen LogP contribution in [-0.2, 0) is 0 Å². The van der Waals surface area contributed by atoms with E-state index in [1.54, 1.807) is 35.7 Å². The molecule has 0 saturated heterocycles.